The largest absolute Gasteiger partial charge is 0.497 e. The van der Waals surface area contributed by atoms with E-state index in [-0.39, 0.29) is 11.8 Å². The highest BCUT2D eigenvalue weighted by molar-refractivity contribution is 5.78. The first-order valence-electron chi connectivity index (χ1n) is 7.45. The Morgan fingerprint density at radius 3 is 2.95 bits per heavy atom. The third-order valence-electron chi connectivity index (χ3n) is 4.08. The van der Waals surface area contributed by atoms with Crippen LogP contribution < -0.4 is 10.1 Å². The molecule has 1 aromatic heterocycles. The summed E-state index contributed by atoms with van der Waals surface area (Å²) in [6.07, 6.45) is 7.93. The maximum Gasteiger partial charge on any atom is 0.223 e. The smallest absolute Gasteiger partial charge is 0.223 e. The molecule has 2 rings (SSSR count). The second-order valence-corrected chi connectivity index (χ2v) is 5.69. The van der Waals surface area contributed by atoms with Gasteiger partial charge in [-0.3, -0.25) is 9.78 Å². The lowest BCUT2D eigenvalue weighted by atomic mass is 9.94. The number of amides is 1. The summed E-state index contributed by atoms with van der Waals surface area (Å²) in [6, 6.07) is 3.65. The highest BCUT2D eigenvalue weighted by atomic mass is 16.5. The number of nitrogens with one attached hydrogen (secondary N) is 1. The molecule has 1 fully saturated rings. The minimum Gasteiger partial charge on any atom is -0.497 e. The molecule has 1 N–H and O–H groups in total. The maximum absolute atomic E-state index is 12.1. The molecular formula is C16H24N2O2. The predicted molar refractivity (Wildman–Crippen MR) is 78.4 cm³/mol. The normalized spacial score (nSPS) is 16.9. The number of ether oxygens (including phenoxy) is 1. The van der Waals surface area contributed by atoms with Gasteiger partial charge in [-0.1, -0.05) is 32.6 Å². The van der Waals surface area contributed by atoms with Crippen LogP contribution in [0.25, 0.3) is 0 Å². The molecule has 0 spiro atoms. The van der Waals surface area contributed by atoms with Crippen molar-refractivity contribution in [3.8, 4) is 5.75 Å². The van der Waals surface area contributed by atoms with Gasteiger partial charge in [0.15, 0.2) is 0 Å². The number of hydrogen-bond acceptors (Lipinski definition) is 3. The quantitative estimate of drug-likeness (QED) is 0.869. The van der Waals surface area contributed by atoms with Crippen LogP contribution in [-0.2, 0) is 11.3 Å². The molecule has 4 heteroatoms. The van der Waals surface area contributed by atoms with Crippen LogP contribution in [0.3, 0.4) is 0 Å². The van der Waals surface area contributed by atoms with Gasteiger partial charge in [-0.05, 0) is 18.4 Å². The Hall–Kier alpha value is -1.58. The second-order valence-electron chi connectivity index (χ2n) is 5.69. The summed E-state index contributed by atoms with van der Waals surface area (Å²) in [5.41, 5.74) is 0.825. The van der Waals surface area contributed by atoms with E-state index in [1.807, 2.05) is 13.0 Å². The zero-order valence-corrected chi connectivity index (χ0v) is 12.4. The Labute approximate surface area is 120 Å². The van der Waals surface area contributed by atoms with E-state index < -0.39 is 0 Å². The minimum absolute atomic E-state index is 0.0868. The lowest BCUT2D eigenvalue weighted by Crippen LogP contribution is -2.30. The molecule has 1 aromatic rings. The molecule has 0 radical (unpaired) electrons. The van der Waals surface area contributed by atoms with Gasteiger partial charge < -0.3 is 10.1 Å². The number of methoxy groups -OCH3 is 1. The molecule has 1 aliphatic rings. The van der Waals surface area contributed by atoms with Gasteiger partial charge >= 0.3 is 0 Å². The molecule has 0 unspecified atom stereocenters. The Morgan fingerprint density at radius 1 is 1.50 bits per heavy atom. The minimum atomic E-state index is 0.0868. The molecule has 0 aromatic carbocycles. The van der Waals surface area contributed by atoms with E-state index in [1.165, 1.54) is 25.7 Å². The molecule has 0 aliphatic heterocycles. The van der Waals surface area contributed by atoms with Gasteiger partial charge in [-0.25, -0.2) is 0 Å². The number of hydrogen-bond donors (Lipinski definition) is 1. The topological polar surface area (TPSA) is 51.2 Å². The van der Waals surface area contributed by atoms with Gasteiger partial charge in [0.2, 0.25) is 5.91 Å². The van der Waals surface area contributed by atoms with Gasteiger partial charge in [-0.15, -0.1) is 0 Å². The average Bonchev–Trinajstić information content (AvgIpc) is 2.97. The Morgan fingerprint density at radius 2 is 2.25 bits per heavy atom. The van der Waals surface area contributed by atoms with Crippen molar-refractivity contribution in [2.24, 2.45) is 11.8 Å². The highest BCUT2D eigenvalue weighted by Crippen LogP contribution is 2.30. The molecule has 1 saturated carbocycles. The Bertz CT molecular complexity index is 442. The van der Waals surface area contributed by atoms with Crippen molar-refractivity contribution in [1.82, 2.24) is 10.3 Å². The molecule has 4 nitrogen and oxygen atoms in total. The summed E-state index contributed by atoms with van der Waals surface area (Å²) in [4.78, 5) is 16.3. The summed E-state index contributed by atoms with van der Waals surface area (Å²) in [6.45, 7) is 2.48. The number of pyridine rings is 1. The van der Waals surface area contributed by atoms with Crippen molar-refractivity contribution >= 4 is 5.91 Å². The summed E-state index contributed by atoms with van der Waals surface area (Å²) >= 11 is 0. The van der Waals surface area contributed by atoms with Crippen LogP contribution in [0.15, 0.2) is 18.3 Å². The van der Waals surface area contributed by atoms with E-state index in [1.54, 1.807) is 19.4 Å². The fourth-order valence-corrected chi connectivity index (χ4v) is 2.88. The van der Waals surface area contributed by atoms with Gasteiger partial charge in [0.1, 0.15) is 5.75 Å². The Kier molecular flexibility index (Phi) is 5.39. The molecule has 1 atom stereocenters. The van der Waals surface area contributed by atoms with E-state index in [0.717, 1.165) is 23.8 Å². The summed E-state index contributed by atoms with van der Waals surface area (Å²) in [7, 11) is 1.63. The van der Waals surface area contributed by atoms with E-state index >= 15 is 0 Å². The van der Waals surface area contributed by atoms with Gasteiger partial charge in [-0.2, -0.15) is 0 Å². The van der Waals surface area contributed by atoms with Crippen LogP contribution in [0.4, 0.5) is 0 Å². The van der Waals surface area contributed by atoms with Gasteiger partial charge in [0.25, 0.3) is 0 Å². The third-order valence-corrected chi connectivity index (χ3v) is 4.08. The number of aromatic nitrogens is 1. The van der Waals surface area contributed by atoms with Crippen LogP contribution >= 0.6 is 0 Å². The summed E-state index contributed by atoms with van der Waals surface area (Å²) in [5.74, 6) is 1.72. The number of carbonyl (C=O) groups is 1. The fourth-order valence-electron chi connectivity index (χ4n) is 2.88. The van der Waals surface area contributed by atoms with Gasteiger partial charge in [0.05, 0.1) is 19.3 Å². The Balaban J connectivity index is 1.78. The monoisotopic (exact) mass is 276 g/mol. The lowest BCUT2D eigenvalue weighted by Gasteiger charge is -2.16. The van der Waals surface area contributed by atoms with E-state index in [0.29, 0.717) is 6.54 Å². The average molecular weight is 276 g/mol. The standard InChI is InChI=1S/C16H24N2O2/c1-12(9-13-5-3-4-6-13)16(19)18-11-14-10-15(20-2)7-8-17-14/h7-8,10,12-13H,3-6,9,11H2,1-2H3,(H,18,19)/t12-/m0/s1. The zero-order chi connectivity index (χ0) is 14.4. The SMILES string of the molecule is COc1ccnc(CNC(=O)[C@@H](C)CC2CCCC2)c1. The molecule has 110 valence electrons. The van der Waals surface area contributed by atoms with Crippen LogP contribution in [0.5, 0.6) is 5.75 Å². The van der Waals surface area contributed by atoms with Crippen LogP contribution in [0.2, 0.25) is 0 Å². The zero-order valence-electron chi connectivity index (χ0n) is 12.4. The van der Waals surface area contributed by atoms with Crippen molar-refractivity contribution < 1.29 is 9.53 Å². The highest BCUT2D eigenvalue weighted by Gasteiger charge is 2.21. The van der Waals surface area contributed by atoms with Crippen molar-refractivity contribution in [1.29, 1.82) is 0 Å². The lowest BCUT2D eigenvalue weighted by molar-refractivity contribution is -0.125. The van der Waals surface area contributed by atoms with Gasteiger partial charge in [0, 0.05) is 18.2 Å². The molecule has 0 saturated heterocycles. The fraction of sp³-hybridized carbons (Fsp3) is 0.625. The van der Waals surface area contributed by atoms with E-state index in [2.05, 4.69) is 10.3 Å². The second kappa shape index (κ2) is 7.27. The first-order chi connectivity index (χ1) is 9.69. The molecular weight excluding hydrogens is 252 g/mol. The van der Waals surface area contributed by atoms with Crippen molar-refractivity contribution in [2.45, 2.75) is 45.6 Å². The molecule has 1 aliphatic carbocycles. The molecule has 1 amide bonds. The van der Waals surface area contributed by atoms with Crippen molar-refractivity contribution in [3.05, 3.63) is 24.0 Å². The first-order valence-corrected chi connectivity index (χ1v) is 7.45. The molecule has 20 heavy (non-hydrogen) atoms. The first kappa shape index (κ1) is 14.8. The van der Waals surface area contributed by atoms with Crippen LogP contribution in [0.1, 0.15) is 44.7 Å². The number of rotatable bonds is 6. The summed E-state index contributed by atoms with van der Waals surface area (Å²) < 4.78 is 5.15. The predicted octanol–water partition coefficient (Wildman–Crippen LogP) is 2.92. The van der Waals surface area contributed by atoms with E-state index in [9.17, 15) is 4.79 Å². The van der Waals surface area contributed by atoms with Crippen molar-refractivity contribution in [2.75, 3.05) is 7.11 Å². The number of nitrogens with zero attached hydrogens (tertiary/aromatic N) is 1. The summed E-state index contributed by atoms with van der Waals surface area (Å²) in [5, 5.41) is 2.97. The molecule has 1 heterocycles. The van der Waals surface area contributed by atoms with Crippen LogP contribution in [-0.4, -0.2) is 18.0 Å². The van der Waals surface area contributed by atoms with Crippen LogP contribution in [0, 0.1) is 11.8 Å². The third kappa shape index (κ3) is 4.22. The number of carbonyl (C=O) groups excluding carboxylic acids is 1. The molecule has 0 bridgehead atoms. The van der Waals surface area contributed by atoms with E-state index in [4.69, 9.17) is 4.74 Å². The maximum atomic E-state index is 12.1. The van der Waals surface area contributed by atoms with Crippen molar-refractivity contribution in [3.63, 3.8) is 0 Å².